The van der Waals surface area contributed by atoms with Crippen LogP contribution in [0.3, 0.4) is 0 Å². The molecule has 0 aromatic heterocycles. The van der Waals surface area contributed by atoms with Gasteiger partial charge in [0.05, 0.1) is 27.7 Å². The molecule has 0 saturated carbocycles. The van der Waals surface area contributed by atoms with E-state index in [9.17, 15) is 19.0 Å². The van der Waals surface area contributed by atoms with Gasteiger partial charge in [-0.25, -0.2) is 4.57 Å². The van der Waals surface area contributed by atoms with Gasteiger partial charge in [0.25, 0.3) is 0 Å². The third-order valence-electron chi connectivity index (χ3n) is 8.92. The van der Waals surface area contributed by atoms with Crippen LogP contribution in [0.1, 0.15) is 174 Å². The molecule has 1 unspecified atom stereocenters. The number of quaternary nitrogens is 1. The Labute approximate surface area is 325 Å². The van der Waals surface area contributed by atoms with Crippen molar-refractivity contribution >= 4 is 19.8 Å². The molecule has 0 aromatic rings. The normalized spacial score (nSPS) is 14.0. The molecule has 2 atom stereocenters. The summed E-state index contributed by atoms with van der Waals surface area (Å²) in [5, 5.41) is 0. The Morgan fingerprint density at radius 2 is 1.02 bits per heavy atom. The molecule has 9 nitrogen and oxygen atoms in total. The van der Waals surface area contributed by atoms with Gasteiger partial charge in [-0.05, 0) is 51.4 Å². The zero-order chi connectivity index (χ0) is 39.3. The van der Waals surface area contributed by atoms with Gasteiger partial charge in [-0.15, -0.1) is 0 Å². The van der Waals surface area contributed by atoms with Crippen LogP contribution in [0.25, 0.3) is 0 Å². The minimum Gasteiger partial charge on any atom is -0.462 e. The zero-order valence-corrected chi connectivity index (χ0v) is 35.6. The van der Waals surface area contributed by atoms with E-state index in [4.69, 9.17) is 18.5 Å². The van der Waals surface area contributed by atoms with Gasteiger partial charge in [-0.1, -0.05) is 147 Å². The van der Waals surface area contributed by atoms with Gasteiger partial charge in [-0.3, -0.25) is 18.6 Å². The molecule has 53 heavy (non-hydrogen) atoms. The van der Waals surface area contributed by atoms with Crippen molar-refractivity contribution in [2.24, 2.45) is 0 Å². The Bertz CT molecular complexity index is 1010. The number of rotatable bonds is 38. The fraction of sp³-hybridized carbons (Fsp3) is 0.814. The standard InChI is InChI=1S/C43H80NO8P/c1-6-8-10-12-14-16-18-20-22-24-25-27-29-31-33-35-42(45)49-39-41(40-51-53(47,48)50-38-37-44(3,4)5)52-43(46)36-34-32-30-28-26-23-21-19-17-15-13-11-9-7-2/h14,16,20,22,25,27,41H,6-13,15,17-19,21,23-24,26,28-40H2,1-5H3/p+1/b16-14+,22-20+,27-25+/t41-/m1/s1. The molecule has 10 heteroatoms. The highest BCUT2D eigenvalue weighted by Gasteiger charge is 2.27. The van der Waals surface area contributed by atoms with Gasteiger partial charge in [0.1, 0.15) is 19.8 Å². The minimum absolute atomic E-state index is 0.0264. The molecule has 0 saturated heterocycles. The van der Waals surface area contributed by atoms with Crippen molar-refractivity contribution < 1.29 is 42.1 Å². The Kier molecular flexibility index (Phi) is 34.7. The lowest BCUT2D eigenvalue weighted by atomic mass is 10.0. The van der Waals surface area contributed by atoms with Crippen LogP contribution in [0.5, 0.6) is 0 Å². The van der Waals surface area contributed by atoms with Crippen molar-refractivity contribution in [1.29, 1.82) is 0 Å². The maximum absolute atomic E-state index is 12.7. The lowest BCUT2D eigenvalue weighted by molar-refractivity contribution is -0.870. The summed E-state index contributed by atoms with van der Waals surface area (Å²) in [5.41, 5.74) is 0. The highest BCUT2D eigenvalue weighted by Crippen LogP contribution is 2.43. The smallest absolute Gasteiger partial charge is 0.462 e. The molecule has 0 aromatic carbocycles. The Hall–Kier alpha value is -1.77. The van der Waals surface area contributed by atoms with Crippen molar-refractivity contribution in [3.8, 4) is 0 Å². The summed E-state index contributed by atoms with van der Waals surface area (Å²) in [7, 11) is 1.46. The van der Waals surface area contributed by atoms with E-state index in [0.29, 0.717) is 23.9 Å². The molecule has 0 radical (unpaired) electrons. The first-order valence-corrected chi connectivity index (χ1v) is 22.7. The molecule has 0 rings (SSSR count). The monoisotopic (exact) mass is 771 g/mol. The van der Waals surface area contributed by atoms with E-state index in [0.717, 1.165) is 44.9 Å². The van der Waals surface area contributed by atoms with Crippen molar-refractivity contribution in [3.63, 3.8) is 0 Å². The Morgan fingerprint density at radius 3 is 1.55 bits per heavy atom. The van der Waals surface area contributed by atoms with Crippen LogP contribution < -0.4 is 0 Å². The second-order valence-electron chi connectivity index (χ2n) is 15.4. The summed E-state index contributed by atoms with van der Waals surface area (Å²) in [4.78, 5) is 35.3. The number of phosphoric ester groups is 1. The van der Waals surface area contributed by atoms with Crippen molar-refractivity contribution in [1.82, 2.24) is 0 Å². The van der Waals surface area contributed by atoms with Crippen molar-refractivity contribution in [2.45, 2.75) is 180 Å². The summed E-state index contributed by atoms with van der Waals surface area (Å²) in [6.07, 6.45) is 39.0. The van der Waals surface area contributed by atoms with E-state index in [1.165, 1.54) is 89.9 Å². The molecule has 0 fully saturated rings. The van der Waals surface area contributed by atoms with Gasteiger partial charge >= 0.3 is 19.8 Å². The van der Waals surface area contributed by atoms with E-state index in [1.54, 1.807) is 0 Å². The number of carbonyl (C=O) groups excluding carboxylic acids is 2. The number of hydrogen-bond acceptors (Lipinski definition) is 7. The largest absolute Gasteiger partial charge is 0.472 e. The summed E-state index contributed by atoms with van der Waals surface area (Å²) in [5.74, 6) is -0.841. The third-order valence-corrected chi connectivity index (χ3v) is 9.91. The summed E-state index contributed by atoms with van der Waals surface area (Å²) >= 11 is 0. The maximum atomic E-state index is 12.7. The van der Waals surface area contributed by atoms with Crippen LogP contribution in [0, 0.1) is 0 Å². The molecular weight excluding hydrogens is 689 g/mol. The molecule has 310 valence electrons. The van der Waals surface area contributed by atoms with E-state index < -0.39 is 32.5 Å². The van der Waals surface area contributed by atoms with Crippen LogP contribution in [0.15, 0.2) is 36.5 Å². The lowest BCUT2D eigenvalue weighted by Crippen LogP contribution is -2.37. The molecule has 1 N–H and O–H groups in total. The second kappa shape index (κ2) is 35.9. The predicted octanol–water partition coefficient (Wildman–Crippen LogP) is 11.7. The Morgan fingerprint density at radius 1 is 0.585 bits per heavy atom. The van der Waals surface area contributed by atoms with Crippen LogP contribution in [-0.2, 0) is 32.7 Å². The number of likely N-dealkylation sites (N-methyl/N-ethyl adjacent to an activating group) is 1. The molecule has 0 bridgehead atoms. The third kappa shape index (κ3) is 39.7. The molecular formula is C43H81NO8P+. The quantitative estimate of drug-likeness (QED) is 0.0217. The summed E-state index contributed by atoms with van der Waals surface area (Å²) < 4.78 is 34.2. The van der Waals surface area contributed by atoms with E-state index in [2.05, 4.69) is 50.3 Å². The zero-order valence-electron chi connectivity index (χ0n) is 34.7. The molecule has 0 spiro atoms. The van der Waals surface area contributed by atoms with E-state index in [1.807, 2.05) is 21.1 Å². The van der Waals surface area contributed by atoms with Gasteiger partial charge in [0.2, 0.25) is 0 Å². The maximum Gasteiger partial charge on any atom is 0.472 e. The number of phosphoric acid groups is 1. The molecule has 0 heterocycles. The number of nitrogens with zero attached hydrogens (tertiary/aromatic N) is 1. The van der Waals surface area contributed by atoms with Crippen LogP contribution in [0.4, 0.5) is 0 Å². The number of allylic oxidation sites excluding steroid dienone is 6. The second-order valence-corrected chi connectivity index (χ2v) is 16.8. The predicted molar refractivity (Wildman–Crippen MR) is 220 cm³/mol. The fourth-order valence-electron chi connectivity index (χ4n) is 5.55. The van der Waals surface area contributed by atoms with Gasteiger partial charge in [-0.2, -0.15) is 0 Å². The number of hydrogen-bond donors (Lipinski definition) is 1. The molecule has 0 aliphatic carbocycles. The summed E-state index contributed by atoms with van der Waals surface area (Å²) in [6, 6.07) is 0. The van der Waals surface area contributed by atoms with Gasteiger partial charge in [0, 0.05) is 12.8 Å². The number of esters is 2. The highest BCUT2D eigenvalue weighted by molar-refractivity contribution is 7.47. The number of ether oxygens (including phenoxy) is 2. The highest BCUT2D eigenvalue weighted by atomic mass is 31.2. The minimum atomic E-state index is -4.38. The lowest BCUT2D eigenvalue weighted by Gasteiger charge is -2.24. The topological polar surface area (TPSA) is 108 Å². The first kappa shape index (κ1) is 51.2. The average molecular weight is 771 g/mol. The van der Waals surface area contributed by atoms with Crippen LogP contribution >= 0.6 is 7.82 Å². The Balaban J connectivity index is 4.44. The number of carbonyl (C=O) groups is 2. The van der Waals surface area contributed by atoms with Gasteiger partial charge in [0.15, 0.2) is 6.10 Å². The van der Waals surface area contributed by atoms with Crippen LogP contribution in [-0.4, -0.2) is 74.9 Å². The number of unbranched alkanes of at least 4 members (excludes halogenated alkanes) is 18. The van der Waals surface area contributed by atoms with Gasteiger partial charge < -0.3 is 18.9 Å². The first-order valence-electron chi connectivity index (χ1n) is 21.2. The molecule has 0 aliphatic rings. The first-order chi connectivity index (χ1) is 25.5. The van der Waals surface area contributed by atoms with Crippen molar-refractivity contribution in [3.05, 3.63) is 36.5 Å². The average Bonchev–Trinajstić information content (AvgIpc) is 3.10. The summed E-state index contributed by atoms with van der Waals surface area (Å²) in [6.45, 7) is 4.35. The van der Waals surface area contributed by atoms with E-state index in [-0.39, 0.29) is 26.1 Å². The van der Waals surface area contributed by atoms with E-state index >= 15 is 0 Å². The molecule has 0 aliphatic heterocycles. The van der Waals surface area contributed by atoms with Crippen molar-refractivity contribution in [2.75, 3.05) is 47.5 Å². The van der Waals surface area contributed by atoms with Crippen LogP contribution in [0.2, 0.25) is 0 Å². The molecule has 0 amide bonds. The fourth-order valence-corrected chi connectivity index (χ4v) is 6.29. The SMILES string of the molecule is CCCCC/C=C/C/C=C/C/C=C/CCCCC(=O)OC[C@H](COP(=O)(O)OCC[N+](C)(C)C)OC(=O)CCCCCCCCCCCCCCCC.